The van der Waals surface area contributed by atoms with Crippen LogP contribution in [0.3, 0.4) is 0 Å². The lowest BCUT2D eigenvalue weighted by Gasteiger charge is -2.08. The molecule has 0 atom stereocenters. The summed E-state index contributed by atoms with van der Waals surface area (Å²) in [6, 6.07) is 12.5. The first-order valence-electron chi connectivity index (χ1n) is 6.45. The highest BCUT2D eigenvalue weighted by Crippen LogP contribution is 2.27. The van der Waals surface area contributed by atoms with E-state index in [-0.39, 0.29) is 5.91 Å². The minimum absolute atomic E-state index is 0.327. The van der Waals surface area contributed by atoms with E-state index in [1.807, 2.05) is 24.3 Å². The predicted octanol–water partition coefficient (Wildman–Crippen LogP) is 3.23. The Morgan fingerprint density at radius 3 is 2.59 bits per heavy atom. The molecule has 1 amide bonds. The zero-order valence-electron chi connectivity index (χ0n) is 12.2. The second kappa shape index (κ2) is 7.61. The number of nitrogens with one attached hydrogen (secondary N) is 1. The van der Waals surface area contributed by atoms with Gasteiger partial charge in [-0.2, -0.15) is 5.10 Å². The molecule has 22 heavy (non-hydrogen) atoms. The standard InChI is InChI=1S/C16H15BrN2O3/c1-21-14-7-6-12(9-15(14)22-2)16(20)19-18-10-11-4-3-5-13(17)8-11/h3-10H,1-2H3,(H,19,20)/b18-10-. The van der Waals surface area contributed by atoms with E-state index < -0.39 is 0 Å². The van der Waals surface area contributed by atoms with Crippen LogP contribution >= 0.6 is 15.9 Å². The molecule has 0 heterocycles. The highest BCUT2D eigenvalue weighted by atomic mass is 79.9. The van der Waals surface area contributed by atoms with Crippen molar-refractivity contribution in [3.63, 3.8) is 0 Å². The first kappa shape index (κ1) is 16.0. The van der Waals surface area contributed by atoms with E-state index in [4.69, 9.17) is 9.47 Å². The summed E-state index contributed by atoms with van der Waals surface area (Å²) in [4.78, 5) is 12.0. The number of hydrogen-bond acceptors (Lipinski definition) is 4. The topological polar surface area (TPSA) is 59.9 Å². The molecule has 0 saturated heterocycles. The Bertz CT molecular complexity index is 702. The fraction of sp³-hybridized carbons (Fsp3) is 0.125. The smallest absolute Gasteiger partial charge is 0.271 e. The van der Waals surface area contributed by atoms with Crippen molar-refractivity contribution in [1.82, 2.24) is 5.43 Å². The van der Waals surface area contributed by atoms with E-state index in [1.165, 1.54) is 7.11 Å². The summed E-state index contributed by atoms with van der Waals surface area (Å²) in [7, 11) is 3.06. The van der Waals surface area contributed by atoms with Gasteiger partial charge < -0.3 is 9.47 Å². The second-order valence-corrected chi connectivity index (χ2v) is 5.24. The van der Waals surface area contributed by atoms with Crippen LogP contribution in [0, 0.1) is 0 Å². The summed E-state index contributed by atoms with van der Waals surface area (Å²) < 4.78 is 11.2. The van der Waals surface area contributed by atoms with Crippen LogP contribution in [0.25, 0.3) is 0 Å². The van der Waals surface area contributed by atoms with Crippen molar-refractivity contribution in [2.75, 3.05) is 14.2 Å². The molecular formula is C16H15BrN2O3. The van der Waals surface area contributed by atoms with Crippen molar-refractivity contribution in [1.29, 1.82) is 0 Å². The number of carbonyl (C=O) groups is 1. The largest absolute Gasteiger partial charge is 0.493 e. The number of hydrazone groups is 1. The number of halogens is 1. The van der Waals surface area contributed by atoms with Crippen LogP contribution in [0.1, 0.15) is 15.9 Å². The molecule has 0 fully saturated rings. The lowest BCUT2D eigenvalue weighted by Crippen LogP contribution is -2.17. The summed E-state index contributed by atoms with van der Waals surface area (Å²) in [5.74, 6) is 0.731. The number of hydrogen-bond donors (Lipinski definition) is 1. The summed E-state index contributed by atoms with van der Waals surface area (Å²) in [6.07, 6.45) is 1.57. The molecule has 6 heteroatoms. The average Bonchev–Trinajstić information content (AvgIpc) is 2.54. The molecular weight excluding hydrogens is 348 g/mol. The normalized spacial score (nSPS) is 10.5. The Kier molecular flexibility index (Phi) is 5.55. The van der Waals surface area contributed by atoms with E-state index in [2.05, 4.69) is 26.5 Å². The number of methoxy groups -OCH3 is 2. The Balaban J connectivity index is 2.06. The van der Waals surface area contributed by atoms with E-state index in [0.29, 0.717) is 17.1 Å². The van der Waals surface area contributed by atoms with Gasteiger partial charge in [-0.15, -0.1) is 0 Å². The van der Waals surface area contributed by atoms with E-state index in [9.17, 15) is 4.79 Å². The van der Waals surface area contributed by atoms with Gasteiger partial charge in [-0.1, -0.05) is 28.1 Å². The van der Waals surface area contributed by atoms with Gasteiger partial charge in [0.25, 0.3) is 5.91 Å². The number of benzene rings is 2. The van der Waals surface area contributed by atoms with Gasteiger partial charge in [-0.3, -0.25) is 4.79 Å². The highest BCUT2D eigenvalue weighted by Gasteiger charge is 2.09. The summed E-state index contributed by atoms with van der Waals surface area (Å²) in [6.45, 7) is 0. The van der Waals surface area contributed by atoms with Crippen LogP contribution in [-0.4, -0.2) is 26.3 Å². The molecule has 0 spiro atoms. The van der Waals surface area contributed by atoms with Crippen molar-refractivity contribution in [2.24, 2.45) is 5.10 Å². The number of amides is 1. The fourth-order valence-electron chi connectivity index (χ4n) is 1.79. The molecule has 0 bridgehead atoms. The van der Waals surface area contributed by atoms with Crippen molar-refractivity contribution in [3.8, 4) is 11.5 Å². The first-order valence-corrected chi connectivity index (χ1v) is 7.24. The minimum Gasteiger partial charge on any atom is -0.493 e. The lowest BCUT2D eigenvalue weighted by molar-refractivity contribution is 0.0954. The monoisotopic (exact) mass is 362 g/mol. The van der Waals surface area contributed by atoms with Crippen molar-refractivity contribution >= 4 is 28.1 Å². The Morgan fingerprint density at radius 1 is 1.14 bits per heavy atom. The molecule has 2 rings (SSSR count). The van der Waals surface area contributed by atoms with Crippen LogP contribution in [0.5, 0.6) is 11.5 Å². The predicted molar refractivity (Wildman–Crippen MR) is 88.7 cm³/mol. The molecule has 0 unspecified atom stereocenters. The maximum Gasteiger partial charge on any atom is 0.271 e. The first-order chi connectivity index (χ1) is 10.6. The van der Waals surface area contributed by atoms with Crippen LogP contribution in [-0.2, 0) is 0 Å². The van der Waals surface area contributed by atoms with Gasteiger partial charge in [0.15, 0.2) is 11.5 Å². The molecule has 0 aliphatic rings. The van der Waals surface area contributed by atoms with Crippen LogP contribution in [0.2, 0.25) is 0 Å². The van der Waals surface area contributed by atoms with Gasteiger partial charge >= 0.3 is 0 Å². The number of ether oxygens (including phenoxy) is 2. The summed E-state index contributed by atoms with van der Waals surface area (Å²) in [5.41, 5.74) is 3.79. The van der Waals surface area contributed by atoms with E-state index >= 15 is 0 Å². The Morgan fingerprint density at radius 2 is 1.91 bits per heavy atom. The molecule has 1 N–H and O–H groups in total. The maximum absolute atomic E-state index is 12.0. The molecule has 2 aromatic carbocycles. The zero-order valence-corrected chi connectivity index (χ0v) is 13.8. The Hall–Kier alpha value is -2.34. The van der Waals surface area contributed by atoms with Crippen LogP contribution in [0.4, 0.5) is 0 Å². The van der Waals surface area contributed by atoms with Crippen molar-refractivity contribution < 1.29 is 14.3 Å². The maximum atomic E-state index is 12.0. The van der Waals surface area contributed by atoms with Gasteiger partial charge in [0.1, 0.15) is 0 Å². The molecule has 0 radical (unpaired) electrons. The SMILES string of the molecule is COc1ccc(C(=O)N/N=C\c2cccc(Br)c2)cc1OC. The van der Waals surface area contributed by atoms with Crippen LogP contribution in [0.15, 0.2) is 52.0 Å². The summed E-state index contributed by atoms with van der Waals surface area (Å²) >= 11 is 3.37. The van der Waals surface area contributed by atoms with Gasteiger partial charge in [-0.05, 0) is 35.9 Å². The minimum atomic E-state index is -0.327. The van der Waals surface area contributed by atoms with E-state index in [0.717, 1.165) is 10.0 Å². The van der Waals surface area contributed by atoms with Gasteiger partial charge in [-0.25, -0.2) is 5.43 Å². The molecule has 2 aromatic rings. The molecule has 0 aliphatic heterocycles. The number of rotatable bonds is 5. The lowest BCUT2D eigenvalue weighted by atomic mass is 10.2. The third-order valence-corrected chi connectivity index (χ3v) is 3.37. The number of carbonyl (C=O) groups excluding carboxylic acids is 1. The van der Waals surface area contributed by atoms with E-state index in [1.54, 1.807) is 31.5 Å². The van der Waals surface area contributed by atoms with Gasteiger partial charge in [0.2, 0.25) is 0 Å². The summed E-state index contributed by atoms with van der Waals surface area (Å²) in [5, 5.41) is 3.94. The van der Waals surface area contributed by atoms with Gasteiger partial charge in [0, 0.05) is 10.0 Å². The van der Waals surface area contributed by atoms with Crippen molar-refractivity contribution in [3.05, 3.63) is 58.1 Å². The molecule has 0 saturated carbocycles. The number of nitrogens with zero attached hydrogens (tertiary/aromatic N) is 1. The third kappa shape index (κ3) is 4.08. The van der Waals surface area contributed by atoms with Crippen LogP contribution < -0.4 is 14.9 Å². The highest BCUT2D eigenvalue weighted by molar-refractivity contribution is 9.10. The third-order valence-electron chi connectivity index (χ3n) is 2.87. The molecule has 114 valence electrons. The fourth-order valence-corrected chi connectivity index (χ4v) is 2.21. The van der Waals surface area contributed by atoms with Crippen molar-refractivity contribution in [2.45, 2.75) is 0 Å². The Labute approximate surface area is 137 Å². The van der Waals surface area contributed by atoms with Gasteiger partial charge in [0.05, 0.1) is 20.4 Å². The molecule has 5 nitrogen and oxygen atoms in total. The second-order valence-electron chi connectivity index (χ2n) is 4.32. The quantitative estimate of drug-likeness (QED) is 0.656. The average molecular weight is 363 g/mol. The molecule has 0 aliphatic carbocycles. The zero-order chi connectivity index (χ0) is 15.9. The molecule has 0 aromatic heterocycles.